The number of nitrogens with one attached hydrogen (secondary N) is 1. The summed E-state index contributed by atoms with van der Waals surface area (Å²) in [6, 6.07) is 16.2. The van der Waals surface area contributed by atoms with E-state index in [0.29, 0.717) is 55.5 Å². The molecule has 2 aliphatic rings. The lowest BCUT2D eigenvalue weighted by atomic mass is 9.85. The molecule has 1 fully saturated rings. The summed E-state index contributed by atoms with van der Waals surface area (Å²) in [5, 5.41) is 7.75. The van der Waals surface area contributed by atoms with Crippen molar-refractivity contribution in [3.05, 3.63) is 94.0 Å². The number of pyridine rings is 1. The third kappa shape index (κ3) is 4.62. The monoisotopic (exact) mass is 546 g/mol. The first-order valence-corrected chi connectivity index (χ1v) is 12.9. The van der Waals surface area contributed by atoms with Gasteiger partial charge in [0.25, 0.3) is 11.8 Å². The molecule has 0 saturated carbocycles. The molecule has 3 N–H and O–H groups in total. The van der Waals surface area contributed by atoms with Crippen molar-refractivity contribution in [2.75, 3.05) is 31.2 Å². The van der Waals surface area contributed by atoms with Gasteiger partial charge in [-0.3, -0.25) is 9.59 Å². The predicted octanol–water partition coefficient (Wildman–Crippen LogP) is 3.69. The van der Waals surface area contributed by atoms with Crippen molar-refractivity contribution in [3.63, 3.8) is 0 Å². The van der Waals surface area contributed by atoms with Gasteiger partial charge in [0.1, 0.15) is 17.3 Å². The molecule has 0 radical (unpaired) electrons. The molecule has 9 nitrogen and oxygen atoms in total. The number of hydrogen-bond acceptors (Lipinski definition) is 6. The highest BCUT2D eigenvalue weighted by Crippen LogP contribution is 2.41. The van der Waals surface area contributed by atoms with Gasteiger partial charge in [0.05, 0.1) is 35.7 Å². The molecule has 0 spiro atoms. The molecule has 11 heteroatoms. The molecular formula is C28H24ClFN6O3. The number of hydrogen-bond donors (Lipinski definition) is 2. The Morgan fingerprint density at radius 1 is 1.03 bits per heavy atom. The number of nitrogens with two attached hydrogens (primary N) is 1. The highest BCUT2D eigenvalue weighted by molar-refractivity contribution is 6.33. The standard InChI is InChI=1S/C28H24ClFN6O3/c29-20-9-10-22(35-11-13-39-14-12-35)33-24(20)28(38)32-21-15-16-3-1-2-4-19(16)26-23(21)25(27(31)37)34-36(26)18-7-5-17(30)6-8-18/h1-10,21H,11-15H2,(H2,31,37)(H,32,38). The Kier molecular flexibility index (Phi) is 6.49. The molecule has 1 aliphatic heterocycles. The number of carbonyl (C=O) groups is 2. The minimum atomic E-state index is -0.740. The summed E-state index contributed by atoms with van der Waals surface area (Å²) < 4.78 is 20.7. The van der Waals surface area contributed by atoms with Crippen molar-refractivity contribution in [2.24, 2.45) is 5.73 Å². The van der Waals surface area contributed by atoms with E-state index >= 15 is 0 Å². The molecule has 1 saturated heterocycles. The summed E-state index contributed by atoms with van der Waals surface area (Å²) in [5.74, 6) is -1.000. The van der Waals surface area contributed by atoms with Gasteiger partial charge >= 0.3 is 0 Å². The molecule has 2 aromatic carbocycles. The zero-order valence-electron chi connectivity index (χ0n) is 20.7. The first-order chi connectivity index (χ1) is 18.9. The van der Waals surface area contributed by atoms with E-state index in [9.17, 15) is 14.0 Å². The van der Waals surface area contributed by atoms with Crippen molar-refractivity contribution in [1.29, 1.82) is 0 Å². The summed E-state index contributed by atoms with van der Waals surface area (Å²) in [4.78, 5) is 32.8. The lowest BCUT2D eigenvalue weighted by Crippen LogP contribution is -2.37. The maximum atomic E-state index is 13.7. The Labute approximate surface area is 228 Å². The molecule has 0 bridgehead atoms. The van der Waals surface area contributed by atoms with Crippen LogP contribution in [0.3, 0.4) is 0 Å². The fourth-order valence-corrected chi connectivity index (χ4v) is 5.32. The number of aromatic nitrogens is 3. The average Bonchev–Trinajstić information content (AvgIpc) is 3.36. The van der Waals surface area contributed by atoms with E-state index in [0.717, 1.165) is 11.1 Å². The lowest BCUT2D eigenvalue weighted by Gasteiger charge is -2.29. The van der Waals surface area contributed by atoms with Gasteiger partial charge in [-0.2, -0.15) is 5.10 Å². The number of halogens is 2. The zero-order chi connectivity index (χ0) is 27.1. The molecule has 3 heterocycles. The summed E-state index contributed by atoms with van der Waals surface area (Å²) in [6.45, 7) is 2.46. The number of rotatable bonds is 5. The van der Waals surface area contributed by atoms with Crippen LogP contribution in [0.1, 0.15) is 38.1 Å². The van der Waals surface area contributed by atoms with Gasteiger partial charge in [-0.05, 0) is 48.4 Å². The molecular weight excluding hydrogens is 523 g/mol. The Hall–Kier alpha value is -4.28. The molecule has 4 aromatic rings. The number of amides is 2. The molecule has 1 aliphatic carbocycles. The van der Waals surface area contributed by atoms with Crippen LogP contribution in [0.2, 0.25) is 5.02 Å². The van der Waals surface area contributed by atoms with Gasteiger partial charge in [-0.15, -0.1) is 0 Å². The van der Waals surface area contributed by atoms with E-state index in [-0.39, 0.29) is 16.4 Å². The maximum Gasteiger partial charge on any atom is 0.272 e. The van der Waals surface area contributed by atoms with Gasteiger partial charge < -0.3 is 20.7 Å². The van der Waals surface area contributed by atoms with Crippen molar-refractivity contribution < 1.29 is 18.7 Å². The van der Waals surface area contributed by atoms with Crippen LogP contribution in [-0.4, -0.2) is 52.9 Å². The highest BCUT2D eigenvalue weighted by atomic mass is 35.5. The molecule has 1 atom stereocenters. The topological polar surface area (TPSA) is 115 Å². The number of ether oxygens (including phenoxy) is 1. The number of primary amides is 1. The van der Waals surface area contributed by atoms with E-state index in [1.54, 1.807) is 28.9 Å². The summed E-state index contributed by atoms with van der Waals surface area (Å²) in [7, 11) is 0. The first-order valence-electron chi connectivity index (χ1n) is 12.5. The molecule has 6 rings (SSSR count). The van der Waals surface area contributed by atoms with Crippen LogP contribution in [0, 0.1) is 5.82 Å². The third-order valence-electron chi connectivity index (χ3n) is 6.96. The second kappa shape index (κ2) is 10.1. The minimum absolute atomic E-state index is 0.0234. The molecule has 2 aromatic heterocycles. The van der Waals surface area contributed by atoms with Gasteiger partial charge in [-0.25, -0.2) is 14.1 Å². The van der Waals surface area contributed by atoms with E-state index in [1.165, 1.54) is 12.1 Å². The summed E-state index contributed by atoms with van der Waals surface area (Å²) >= 11 is 6.42. The fraction of sp³-hybridized carbons (Fsp3) is 0.214. The van der Waals surface area contributed by atoms with Crippen LogP contribution in [-0.2, 0) is 11.2 Å². The number of morpholine rings is 1. The van der Waals surface area contributed by atoms with Gasteiger partial charge in [0.2, 0.25) is 0 Å². The summed E-state index contributed by atoms with van der Waals surface area (Å²) in [5.41, 5.74) is 9.28. The van der Waals surface area contributed by atoms with Crippen molar-refractivity contribution in [3.8, 4) is 16.9 Å². The normalized spacial score (nSPS) is 16.4. The van der Waals surface area contributed by atoms with Crippen LogP contribution in [0.4, 0.5) is 10.2 Å². The number of nitrogens with zero attached hydrogens (tertiary/aromatic N) is 4. The van der Waals surface area contributed by atoms with Gasteiger partial charge in [0, 0.05) is 24.2 Å². The number of fused-ring (bicyclic) bond motifs is 3. The van der Waals surface area contributed by atoms with Crippen LogP contribution < -0.4 is 16.0 Å². The van der Waals surface area contributed by atoms with Gasteiger partial charge in [0.15, 0.2) is 5.69 Å². The first kappa shape index (κ1) is 25.0. The number of benzene rings is 2. The molecule has 39 heavy (non-hydrogen) atoms. The molecule has 2 amide bonds. The Bertz CT molecular complexity index is 1580. The Balaban J connectivity index is 1.42. The second-order valence-electron chi connectivity index (χ2n) is 9.35. The van der Waals surface area contributed by atoms with Crippen molar-refractivity contribution in [1.82, 2.24) is 20.1 Å². The van der Waals surface area contributed by atoms with E-state index < -0.39 is 23.7 Å². The quantitative estimate of drug-likeness (QED) is 0.394. The third-order valence-corrected chi connectivity index (χ3v) is 7.26. The highest BCUT2D eigenvalue weighted by Gasteiger charge is 2.35. The van der Waals surface area contributed by atoms with Crippen LogP contribution in [0.5, 0.6) is 0 Å². The Morgan fingerprint density at radius 2 is 1.77 bits per heavy atom. The maximum absolute atomic E-state index is 13.7. The number of anilines is 1. The molecule has 198 valence electrons. The van der Waals surface area contributed by atoms with Crippen LogP contribution in [0.25, 0.3) is 16.9 Å². The second-order valence-corrected chi connectivity index (χ2v) is 9.76. The van der Waals surface area contributed by atoms with Crippen LogP contribution in [0.15, 0.2) is 60.7 Å². The SMILES string of the molecule is NC(=O)c1nn(-c2ccc(F)cc2)c2c1C(NC(=O)c1nc(N3CCOCC3)ccc1Cl)Cc1ccccc1-2. The lowest BCUT2D eigenvalue weighted by molar-refractivity contribution is 0.0926. The van der Waals surface area contributed by atoms with Gasteiger partial charge in [-0.1, -0.05) is 35.9 Å². The van der Waals surface area contributed by atoms with Crippen molar-refractivity contribution in [2.45, 2.75) is 12.5 Å². The predicted molar refractivity (Wildman–Crippen MR) is 144 cm³/mol. The summed E-state index contributed by atoms with van der Waals surface area (Å²) in [6.07, 6.45) is 0.394. The minimum Gasteiger partial charge on any atom is -0.378 e. The molecule has 1 unspecified atom stereocenters. The van der Waals surface area contributed by atoms with E-state index in [4.69, 9.17) is 22.1 Å². The Morgan fingerprint density at radius 3 is 2.51 bits per heavy atom. The van der Waals surface area contributed by atoms with Crippen molar-refractivity contribution >= 4 is 29.2 Å². The number of carbonyl (C=O) groups excluding carboxylic acids is 2. The smallest absolute Gasteiger partial charge is 0.272 e. The zero-order valence-corrected chi connectivity index (χ0v) is 21.5. The van der Waals surface area contributed by atoms with E-state index in [2.05, 4.69) is 15.4 Å². The van der Waals surface area contributed by atoms with E-state index in [1.807, 2.05) is 29.2 Å². The van der Waals surface area contributed by atoms with Crippen LogP contribution >= 0.6 is 11.6 Å². The largest absolute Gasteiger partial charge is 0.378 e. The fourth-order valence-electron chi connectivity index (χ4n) is 5.13. The average molecular weight is 547 g/mol.